The lowest BCUT2D eigenvalue weighted by atomic mass is 10.1. The van der Waals surface area contributed by atoms with Crippen LogP contribution in [0.4, 0.5) is 0 Å². The van der Waals surface area contributed by atoms with Gasteiger partial charge in [-0.05, 0) is 58.0 Å². The zero-order valence-corrected chi connectivity index (χ0v) is 11.8. The fraction of sp³-hybridized carbons (Fsp3) is 0.600. The average Bonchev–Trinajstić information content (AvgIpc) is 2.92. The van der Waals surface area contributed by atoms with Gasteiger partial charge in [0.15, 0.2) is 0 Å². The van der Waals surface area contributed by atoms with Crippen molar-refractivity contribution in [1.82, 2.24) is 10.2 Å². The Balaban J connectivity index is 1.89. The Labute approximate surface area is 115 Å². The molecule has 106 valence electrons. The van der Waals surface area contributed by atoms with Crippen LogP contribution in [0, 0.1) is 0 Å². The molecule has 1 heterocycles. The van der Waals surface area contributed by atoms with E-state index in [1.165, 1.54) is 38.1 Å². The van der Waals surface area contributed by atoms with E-state index in [1.807, 2.05) is 6.92 Å². The van der Waals surface area contributed by atoms with E-state index in [0.29, 0.717) is 6.04 Å². The Kier molecular flexibility index (Phi) is 4.66. The molecule has 0 amide bonds. The lowest BCUT2D eigenvalue weighted by molar-refractivity contribution is 0.246. The number of benzene rings is 1. The fourth-order valence-corrected chi connectivity index (χ4v) is 2.66. The summed E-state index contributed by atoms with van der Waals surface area (Å²) in [6, 6.07) is 5.18. The highest BCUT2D eigenvalue weighted by atomic mass is 16.3. The van der Waals surface area contributed by atoms with Crippen molar-refractivity contribution in [3.05, 3.63) is 23.8 Å². The van der Waals surface area contributed by atoms with Crippen LogP contribution in [-0.4, -0.2) is 40.8 Å². The molecule has 19 heavy (non-hydrogen) atoms. The zero-order valence-electron chi connectivity index (χ0n) is 11.8. The molecule has 0 spiro atoms. The molecule has 1 fully saturated rings. The summed E-state index contributed by atoms with van der Waals surface area (Å²) in [5.41, 5.74) is 0.744. The van der Waals surface area contributed by atoms with Crippen LogP contribution in [0.1, 0.15) is 38.3 Å². The molecule has 1 aliphatic rings. The number of hydrogen-bond acceptors (Lipinski definition) is 4. The first kappa shape index (κ1) is 14.2. The third-order valence-corrected chi connectivity index (χ3v) is 3.96. The van der Waals surface area contributed by atoms with Gasteiger partial charge in [0.05, 0.1) is 0 Å². The van der Waals surface area contributed by atoms with Gasteiger partial charge in [0, 0.05) is 24.2 Å². The minimum atomic E-state index is 0.0251. The first-order chi connectivity index (χ1) is 9.08. The molecule has 0 radical (unpaired) electrons. The van der Waals surface area contributed by atoms with Crippen LogP contribution in [0.5, 0.6) is 11.5 Å². The van der Waals surface area contributed by atoms with Crippen LogP contribution in [0.15, 0.2) is 18.2 Å². The molecule has 1 saturated heterocycles. The van der Waals surface area contributed by atoms with Gasteiger partial charge in [0.1, 0.15) is 11.5 Å². The van der Waals surface area contributed by atoms with Gasteiger partial charge in [-0.1, -0.05) is 0 Å². The summed E-state index contributed by atoms with van der Waals surface area (Å²) in [5.74, 6) is 0.417. The van der Waals surface area contributed by atoms with E-state index >= 15 is 0 Å². The van der Waals surface area contributed by atoms with Gasteiger partial charge in [-0.15, -0.1) is 0 Å². The molecule has 1 aliphatic heterocycles. The first-order valence-electron chi connectivity index (χ1n) is 7.07. The maximum atomic E-state index is 9.82. The number of aromatic hydroxyl groups is 2. The van der Waals surface area contributed by atoms with Gasteiger partial charge in [-0.3, -0.25) is 4.90 Å². The lowest BCUT2D eigenvalue weighted by Gasteiger charge is -2.26. The summed E-state index contributed by atoms with van der Waals surface area (Å²) in [6.45, 7) is 7.50. The molecule has 0 bridgehead atoms. The van der Waals surface area contributed by atoms with Crippen molar-refractivity contribution < 1.29 is 10.2 Å². The first-order valence-corrected chi connectivity index (χ1v) is 7.07. The Bertz CT molecular complexity index is 417. The second-order valence-corrected chi connectivity index (χ2v) is 5.47. The van der Waals surface area contributed by atoms with Gasteiger partial charge < -0.3 is 15.5 Å². The number of nitrogens with one attached hydrogen (secondary N) is 1. The molecule has 0 aromatic heterocycles. The summed E-state index contributed by atoms with van der Waals surface area (Å²) in [6.07, 6.45) is 2.60. The van der Waals surface area contributed by atoms with E-state index in [2.05, 4.69) is 17.1 Å². The van der Waals surface area contributed by atoms with Crippen LogP contribution in [0.25, 0.3) is 0 Å². The van der Waals surface area contributed by atoms with Crippen LogP contribution in [0.3, 0.4) is 0 Å². The molecule has 2 rings (SSSR count). The van der Waals surface area contributed by atoms with Gasteiger partial charge >= 0.3 is 0 Å². The molecular formula is C15H24N2O2. The predicted octanol–water partition coefficient (Wildman–Crippen LogP) is 2.23. The van der Waals surface area contributed by atoms with E-state index in [1.54, 1.807) is 6.07 Å². The molecule has 2 unspecified atom stereocenters. The molecule has 0 saturated carbocycles. The normalized spacial score (nSPS) is 19.5. The highest BCUT2D eigenvalue weighted by Gasteiger charge is 2.19. The number of likely N-dealkylation sites (tertiary alicyclic amines) is 1. The van der Waals surface area contributed by atoms with E-state index in [-0.39, 0.29) is 17.5 Å². The van der Waals surface area contributed by atoms with Crippen molar-refractivity contribution in [2.24, 2.45) is 0 Å². The summed E-state index contributed by atoms with van der Waals surface area (Å²) < 4.78 is 0. The number of nitrogens with zero attached hydrogens (tertiary/aromatic N) is 1. The van der Waals surface area contributed by atoms with Gasteiger partial charge in [0.25, 0.3) is 0 Å². The van der Waals surface area contributed by atoms with Crippen LogP contribution < -0.4 is 5.32 Å². The van der Waals surface area contributed by atoms with Crippen molar-refractivity contribution in [3.8, 4) is 11.5 Å². The Morgan fingerprint density at radius 1 is 1.21 bits per heavy atom. The van der Waals surface area contributed by atoms with Crippen molar-refractivity contribution >= 4 is 0 Å². The van der Waals surface area contributed by atoms with E-state index in [0.717, 1.165) is 12.1 Å². The molecule has 0 aliphatic carbocycles. The summed E-state index contributed by atoms with van der Waals surface area (Å²) in [4.78, 5) is 2.49. The molecule has 4 heteroatoms. The second kappa shape index (κ2) is 6.26. The lowest BCUT2D eigenvalue weighted by Crippen LogP contribution is -2.39. The van der Waals surface area contributed by atoms with Gasteiger partial charge in [0.2, 0.25) is 0 Å². The number of phenols is 2. The highest BCUT2D eigenvalue weighted by molar-refractivity contribution is 5.40. The third kappa shape index (κ3) is 3.61. The summed E-state index contributed by atoms with van der Waals surface area (Å²) >= 11 is 0. The van der Waals surface area contributed by atoms with Gasteiger partial charge in [-0.25, -0.2) is 0 Å². The van der Waals surface area contributed by atoms with E-state index in [4.69, 9.17) is 0 Å². The standard InChI is InChI=1S/C15H24N2O2/c1-11(17-7-3-4-8-17)10-16-12(2)14-9-13(18)5-6-15(14)19/h5-6,9,11-12,16,18-19H,3-4,7-8,10H2,1-2H3. The van der Waals surface area contributed by atoms with Crippen molar-refractivity contribution in [1.29, 1.82) is 0 Å². The topological polar surface area (TPSA) is 55.7 Å². The average molecular weight is 264 g/mol. The van der Waals surface area contributed by atoms with E-state index in [9.17, 15) is 10.2 Å². The molecule has 1 aromatic rings. The Morgan fingerprint density at radius 3 is 2.58 bits per heavy atom. The maximum Gasteiger partial charge on any atom is 0.120 e. The minimum Gasteiger partial charge on any atom is -0.508 e. The minimum absolute atomic E-state index is 0.0251. The number of rotatable bonds is 5. The summed E-state index contributed by atoms with van der Waals surface area (Å²) in [5, 5.41) is 22.7. The van der Waals surface area contributed by atoms with Crippen LogP contribution in [-0.2, 0) is 0 Å². The molecule has 3 N–H and O–H groups in total. The highest BCUT2D eigenvalue weighted by Crippen LogP contribution is 2.27. The van der Waals surface area contributed by atoms with Crippen molar-refractivity contribution in [2.45, 2.75) is 38.8 Å². The number of phenolic OH excluding ortho intramolecular Hbond substituents is 2. The Morgan fingerprint density at radius 2 is 1.89 bits per heavy atom. The molecular weight excluding hydrogens is 240 g/mol. The maximum absolute atomic E-state index is 9.82. The van der Waals surface area contributed by atoms with Crippen LogP contribution >= 0.6 is 0 Å². The summed E-state index contributed by atoms with van der Waals surface area (Å²) in [7, 11) is 0. The molecule has 2 atom stereocenters. The molecule has 4 nitrogen and oxygen atoms in total. The quantitative estimate of drug-likeness (QED) is 0.714. The van der Waals surface area contributed by atoms with Crippen molar-refractivity contribution in [3.63, 3.8) is 0 Å². The van der Waals surface area contributed by atoms with Gasteiger partial charge in [-0.2, -0.15) is 0 Å². The Hall–Kier alpha value is -1.26. The number of hydrogen-bond donors (Lipinski definition) is 3. The largest absolute Gasteiger partial charge is 0.508 e. The van der Waals surface area contributed by atoms with E-state index < -0.39 is 0 Å². The predicted molar refractivity (Wildman–Crippen MR) is 76.5 cm³/mol. The molecule has 1 aromatic carbocycles. The second-order valence-electron chi connectivity index (χ2n) is 5.47. The van der Waals surface area contributed by atoms with Crippen LogP contribution in [0.2, 0.25) is 0 Å². The SMILES string of the molecule is CC(NCC(C)N1CCCC1)c1cc(O)ccc1O. The third-order valence-electron chi connectivity index (χ3n) is 3.96. The van der Waals surface area contributed by atoms with Crippen molar-refractivity contribution in [2.75, 3.05) is 19.6 Å². The monoisotopic (exact) mass is 264 g/mol. The smallest absolute Gasteiger partial charge is 0.120 e. The fourth-order valence-electron chi connectivity index (χ4n) is 2.66. The zero-order chi connectivity index (χ0) is 13.8.